The zero-order valence-corrected chi connectivity index (χ0v) is 14.9. The molecule has 3 rings (SSSR count). The van der Waals surface area contributed by atoms with Crippen molar-refractivity contribution in [3.05, 3.63) is 50.4 Å². The fourth-order valence-corrected chi connectivity index (χ4v) is 5.49. The van der Waals surface area contributed by atoms with Crippen LogP contribution in [0.3, 0.4) is 0 Å². The number of nitrogens with one attached hydrogen (secondary N) is 1. The van der Waals surface area contributed by atoms with Crippen molar-refractivity contribution in [2.75, 3.05) is 4.72 Å². The van der Waals surface area contributed by atoms with Crippen LogP contribution in [0, 0.1) is 6.92 Å². The van der Waals surface area contributed by atoms with Gasteiger partial charge in [0.25, 0.3) is 14.1 Å². The second-order valence-electron chi connectivity index (χ2n) is 5.05. The molecule has 3 aromatic rings. The summed E-state index contributed by atoms with van der Waals surface area (Å²) in [6, 6.07) is 4.65. The lowest BCUT2D eigenvalue weighted by Gasteiger charge is -2.11. The summed E-state index contributed by atoms with van der Waals surface area (Å²) >= 11 is 1.95. The maximum absolute atomic E-state index is 12.5. The summed E-state index contributed by atoms with van der Waals surface area (Å²) in [4.78, 5) is 14.9. The first-order valence-corrected chi connectivity index (χ1v) is 9.78. The van der Waals surface area contributed by atoms with Gasteiger partial charge in [-0.25, -0.2) is 13.4 Å². The summed E-state index contributed by atoms with van der Waals surface area (Å²) in [7, 11) is -4.06. The number of aryl methyl sites for hydroxylation is 1. The predicted molar refractivity (Wildman–Crippen MR) is 90.8 cm³/mol. The van der Waals surface area contributed by atoms with Crippen LogP contribution in [0.15, 0.2) is 40.2 Å². The normalized spacial score (nSPS) is 12.5. The second kappa shape index (κ2) is 6.07. The number of fused-ring (bicyclic) bond motifs is 1. The Hall–Kier alpha value is -1.98. The number of halogens is 3. The highest BCUT2D eigenvalue weighted by atomic mass is 32.2. The summed E-state index contributed by atoms with van der Waals surface area (Å²) in [5.74, 6) is -0.231. The van der Waals surface area contributed by atoms with Crippen molar-refractivity contribution in [2.45, 2.75) is 18.0 Å². The van der Waals surface area contributed by atoms with E-state index in [-0.39, 0.29) is 14.8 Å². The quantitative estimate of drug-likeness (QED) is 0.717. The van der Waals surface area contributed by atoms with Crippen LogP contribution in [0.1, 0.15) is 11.1 Å². The number of sulfonamides is 1. The third-order valence-electron chi connectivity index (χ3n) is 3.25. The van der Waals surface area contributed by atoms with E-state index in [1.54, 1.807) is 13.0 Å². The van der Waals surface area contributed by atoms with E-state index in [4.69, 9.17) is 0 Å². The largest absolute Gasteiger partial charge is 0.417 e. The first-order valence-electron chi connectivity index (χ1n) is 6.67. The highest BCUT2D eigenvalue weighted by molar-refractivity contribution is 7.92. The SMILES string of the molecule is Cc1cc2sc(=O)sc2cc1S(=O)(=O)Nc1ccc(C(F)(F)F)cn1. The van der Waals surface area contributed by atoms with Crippen molar-refractivity contribution in [3.63, 3.8) is 0 Å². The third kappa shape index (κ3) is 3.67. The van der Waals surface area contributed by atoms with E-state index in [0.717, 1.165) is 34.8 Å². The van der Waals surface area contributed by atoms with Gasteiger partial charge in [0.15, 0.2) is 0 Å². The lowest BCUT2D eigenvalue weighted by molar-refractivity contribution is -0.137. The van der Waals surface area contributed by atoms with Crippen LogP contribution in [0.4, 0.5) is 19.0 Å². The minimum absolute atomic E-state index is 0.0595. The van der Waals surface area contributed by atoms with Gasteiger partial charge in [0.05, 0.1) is 15.2 Å². The Labute approximate surface area is 147 Å². The number of rotatable bonds is 3. The fraction of sp³-hybridized carbons (Fsp3) is 0.143. The first-order chi connectivity index (χ1) is 11.6. The highest BCUT2D eigenvalue weighted by Crippen LogP contribution is 2.30. The molecule has 0 fully saturated rings. The molecule has 0 aliphatic rings. The van der Waals surface area contributed by atoms with Gasteiger partial charge in [-0.15, -0.1) is 0 Å². The molecule has 0 unspecified atom stereocenters. The smallest absolute Gasteiger partial charge is 0.265 e. The first kappa shape index (κ1) is 17.8. The molecule has 0 radical (unpaired) electrons. The molecular weight excluding hydrogens is 397 g/mol. The molecule has 25 heavy (non-hydrogen) atoms. The number of benzene rings is 1. The van der Waals surface area contributed by atoms with Crippen LogP contribution in [-0.4, -0.2) is 13.4 Å². The molecule has 0 aliphatic heterocycles. The standard InChI is InChI=1S/C14H9F3N2O3S3/c1-7-4-9-10(24-13(20)23-9)5-11(7)25(21,22)19-12-3-2-8(6-18-12)14(15,16)17/h2-6H,1H3,(H,18,19). The molecule has 1 aromatic carbocycles. The Morgan fingerprint density at radius 3 is 2.32 bits per heavy atom. The van der Waals surface area contributed by atoms with E-state index in [1.807, 2.05) is 0 Å². The van der Waals surface area contributed by atoms with E-state index in [1.165, 1.54) is 6.07 Å². The van der Waals surface area contributed by atoms with Gasteiger partial charge in [-0.2, -0.15) is 13.2 Å². The lowest BCUT2D eigenvalue weighted by atomic mass is 10.2. The van der Waals surface area contributed by atoms with E-state index in [9.17, 15) is 26.4 Å². The Morgan fingerprint density at radius 2 is 1.76 bits per heavy atom. The molecule has 1 N–H and O–H groups in total. The lowest BCUT2D eigenvalue weighted by Crippen LogP contribution is -2.15. The molecular formula is C14H9F3N2O3S3. The Bertz CT molecular complexity index is 1100. The fourth-order valence-electron chi connectivity index (χ4n) is 2.11. The molecule has 132 valence electrons. The highest BCUT2D eigenvalue weighted by Gasteiger charge is 2.31. The second-order valence-corrected chi connectivity index (χ2v) is 8.99. The minimum Gasteiger partial charge on any atom is -0.265 e. The van der Waals surface area contributed by atoms with Crippen LogP contribution >= 0.6 is 22.7 Å². The monoisotopic (exact) mass is 406 g/mol. The molecule has 2 heterocycles. The summed E-state index contributed by atoms with van der Waals surface area (Å²) < 4.78 is 65.8. The summed E-state index contributed by atoms with van der Waals surface area (Å²) in [5, 5.41) is 0. The van der Waals surface area contributed by atoms with Crippen molar-refractivity contribution < 1.29 is 21.6 Å². The number of pyridine rings is 1. The maximum atomic E-state index is 12.5. The number of nitrogens with zero attached hydrogens (tertiary/aromatic N) is 1. The van der Waals surface area contributed by atoms with Gasteiger partial charge >= 0.3 is 6.18 Å². The van der Waals surface area contributed by atoms with E-state index < -0.39 is 21.8 Å². The third-order valence-corrected chi connectivity index (χ3v) is 6.82. The van der Waals surface area contributed by atoms with Crippen molar-refractivity contribution in [3.8, 4) is 0 Å². The van der Waals surface area contributed by atoms with Crippen molar-refractivity contribution >= 4 is 47.9 Å². The van der Waals surface area contributed by atoms with Crippen LogP contribution in [0.2, 0.25) is 0 Å². The van der Waals surface area contributed by atoms with Gasteiger partial charge in [-0.1, -0.05) is 22.7 Å². The van der Waals surface area contributed by atoms with Crippen LogP contribution < -0.4 is 8.78 Å². The molecule has 0 saturated heterocycles. The topological polar surface area (TPSA) is 76.1 Å². The predicted octanol–water partition coefficient (Wildman–Crippen LogP) is 3.85. The average molecular weight is 406 g/mol. The molecule has 0 amide bonds. The molecule has 0 bridgehead atoms. The Kier molecular flexibility index (Phi) is 4.33. The van der Waals surface area contributed by atoms with Crippen molar-refractivity contribution in [1.29, 1.82) is 0 Å². The zero-order chi connectivity index (χ0) is 18.4. The average Bonchev–Trinajstić information content (AvgIpc) is 2.84. The molecule has 0 saturated carbocycles. The van der Waals surface area contributed by atoms with E-state index in [0.29, 0.717) is 21.2 Å². The molecule has 11 heteroatoms. The summed E-state index contributed by atoms with van der Waals surface area (Å²) in [5.41, 5.74) is -0.558. The van der Waals surface area contributed by atoms with Crippen LogP contribution in [-0.2, 0) is 16.2 Å². The minimum atomic E-state index is -4.55. The van der Waals surface area contributed by atoms with Gasteiger partial charge in [0, 0.05) is 10.9 Å². The number of anilines is 1. The van der Waals surface area contributed by atoms with E-state index in [2.05, 4.69) is 9.71 Å². The maximum Gasteiger partial charge on any atom is 0.417 e. The molecule has 0 spiro atoms. The van der Waals surface area contributed by atoms with Gasteiger partial charge in [-0.05, 0) is 36.8 Å². The molecule has 5 nitrogen and oxygen atoms in total. The number of hydrogen-bond acceptors (Lipinski definition) is 6. The van der Waals surface area contributed by atoms with Gasteiger partial charge in [0.2, 0.25) is 0 Å². The number of aromatic nitrogens is 1. The van der Waals surface area contributed by atoms with Crippen LogP contribution in [0.5, 0.6) is 0 Å². The van der Waals surface area contributed by atoms with Crippen molar-refractivity contribution in [2.24, 2.45) is 0 Å². The van der Waals surface area contributed by atoms with Gasteiger partial charge < -0.3 is 0 Å². The van der Waals surface area contributed by atoms with E-state index >= 15 is 0 Å². The summed E-state index contributed by atoms with van der Waals surface area (Å²) in [6.45, 7) is 1.57. The van der Waals surface area contributed by atoms with Gasteiger partial charge in [-0.3, -0.25) is 9.52 Å². The van der Waals surface area contributed by atoms with Gasteiger partial charge in [0.1, 0.15) is 5.82 Å². The Balaban J connectivity index is 1.96. The molecule has 2 aromatic heterocycles. The van der Waals surface area contributed by atoms with Crippen LogP contribution in [0.25, 0.3) is 9.40 Å². The number of hydrogen-bond donors (Lipinski definition) is 1. The Morgan fingerprint density at radius 1 is 1.12 bits per heavy atom. The van der Waals surface area contributed by atoms with Crippen molar-refractivity contribution in [1.82, 2.24) is 4.98 Å². The molecule has 0 atom stereocenters. The number of alkyl halides is 3. The zero-order valence-electron chi connectivity index (χ0n) is 12.4. The summed E-state index contributed by atoms with van der Waals surface area (Å²) in [6.07, 6.45) is -4.00. The molecule has 0 aliphatic carbocycles.